The summed E-state index contributed by atoms with van der Waals surface area (Å²) in [7, 11) is 0. The number of aryl methyl sites for hydroxylation is 2. The molecule has 142 valence electrons. The Bertz CT molecular complexity index is 1290. The van der Waals surface area contributed by atoms with Crippen LogP contribution in [0.25, 0.3) is 16.6 Å². The number of hydrogen-bond donors (Lipinski definition) is 1. The van der Waals surface area contributed by atoms with Gasteiger partial charge < -0.3 is 5.32 Å². The van der Waals surface area contributed by atoms with E-state index < -0.39 is 6.04 Å². The molecule has 7 heteroatoms. The van der Waals surface area contributed by atoms with Crippen LogP contribution in [0.3, 0.4) is 0 Å². The summed E-state index contributed by atoms with van der Waals surface area (Å²) in [6.45, 7) is 5.56. The molecule has 0 unspecified atom stereocenters. The normalized spacial score (nSPS) is 12.4. The van der Waals surface area contributed by atoms with E-state index in [-0.39, 0.29) is 11.5 Å². The molecule has 6 nitrogen and oxygen atoms in total. The Morgan fingerprint density at radius 1 is 1.14 bits per heavy atom. The number of anilines is 1. The number of nitrogens with one attached hydrogen (secondary N) is 1. The maximum Gasteiger partial charge on any atom is 0.273 e. The van der Waals surface area contributed by atoms with Gasteiger partial charge >= 0.3 is 0 Å². The fourth-order valence-electron chi connectivity index (χ4n) is 3.47. The SMILES string of the molecule is Cc1ccc(Cl)cc1NC(=O)[C@H](C)n1c2ccccc2c2nc(=O)cc(C)n21. The van der Waals surface area contributed by atoms with Gasteiger partial charge in [0.15, 0.2) is 5.65 Å². The van der Waals surface area contributed by atoms with E-state index in [1.807, 2.05) is 60.3 Å². The molecule has 0 radical (unpaired) electrons. The van der Waals surface area contributed by atoms with E-state index in [4.69, 9.17) is 11.6 Å². The number of aromatic nitrogens is 3. The summed E-state index contributed by atoms with van der Waals surface area (Å²) in [6.07, 6.45) is 0. The minimum absolute atomic E-state index is 0.189. The van der Waals surface area contributed by atoms with E-state index in [1.54, 1.807) is 12.1 Å². The largest absolute Gasteiger partial charge is 0.324 e. The molecule has 0 bridgehead atoms. The second-order valence-electron chi connectivity index (χ2n) is 6.86. The highest BCUT2D eigenvalue weighted by Crippen LogP contribution is 2.26. The van der Waals surface area contributed by atoms with Gasteiger partial charge in [0.25, 0.3) is 5.56 Å². The summed E-state index contributed by atoms with van der Waals surface area (Å²) in [6, 6.07) is 13.9. The zero-order chi connectivity index (χ0) is 20.0. The monoisotopic (exact) mass is 394 g/mol. The third kappa shape index (κ3) is 2.96. The van der Waals surface area contributed by atoms with Gasteiger partial charge in [-0.1, -0.05) is 29.8 Å². The lowest BCUT2D eigenvalue weighted by molar-refractivity contribution is -0.119. The highest BCUT2D eigenvalue weighted by atomic mass is 35.5. The number of hydrogen-bond acceptors (Lipinski definition) is 3. The minimum atomic E-state index is -0.552. The highest BCUT2D eigenvalue weighted by Gasteiger charge is 2.22. The number of carbonyl (C=O) groups excluding carboxylic acids is 1. The van der Waals surface area contributed by atoms with Gasteiger partial charge in [0, 0.05) is 27.9 Å². The predicted octanol–water partition coefficient (Wildman–Crippen LogP) is 4.12. The Balaban J connectivity index is 1.86. The third-order valence-corrected chi connectivity index (χ3v) is 5.13. The van der Waals surface area contributed by atoms with E-state index in [9.17, 15) is 9.59 Å². The van der Waals surface area contributed by atoms with E-state index in [0.29, 0.717) is 22.1 Å². The molecular weight excluding hydrogens is 376 g/mol. The molecular formula is C21H19ClN4O2. The lowest BCUT2D eigenvalue weighted by Gasteiger charge is -2.19. The van der Waals surface area contributed by atoms with Crippen molar-refractivity contribution < 1.29 is 4.79 Å². The first-order valence-electron chi connectivity index (χ1n) is 8.93. The van der Waals surface area contributed by atoms with Crippen molar-refractivity contribution in [2.24, 2.45) is 0 Å². The molecule has 1 amide bonds. The topological polar surface area (TPSA) is 68.4 Å². The molecule has 0 aliphatic heterocycles. The van der Waals surface area contributed by atoms with Crippen molar-refractivity contribution in [3.63, 3.8) is 0 Å². The van der Waals surface area contributed by atoms with Gasteiger partial charge in [0.1, 0.15) is 6.04 Å². The Morgan fingerprint density at radius 2 is 1.89 bits per heavy atom. The van der Waals surface area contributed by atoms with Crippen LogP contribution in [0.5, 0.6) is 0 Å². The van der Waals surface area contributed by atoms with Crippen LogP contribution in [-0.2, 0) is 4.79 Å². The Kier molecular flexibility index (Phi) is 4.43. The molecule has 4 aromatic rings. The third-order valence-electron chi connectivity index (χ3n) is 4.89. The molecule has 2 aromatic carbocycles. The Hall–Kier alpha value is -3.12. The Labute approximate surface area is 166 Å². The van der Waals surface area contributed by atoms with Gasteiger partial charge in [0.2, 0.25) is 5.91 Å². The number of carbonyl (C=O) groups is 1. The van der Waals surface area contributed by atoms with Crippen LogP contribution in [0.15, 0.2) is 53.3 Å². The molecule has 2 aromatic heterocycles. The number of para-hydroxylation sites is 1. The summed E-state index contributed by atoms with van der Waals surface area (Å²) in [4.78, 5) is 29.2. The fraction of sp³-hybridized carbons (Fsp3) is 0.190. The van der Waals surface area contributed by atoms with Crippen molar-refractivity contribution >= 4 is 39.7 Å². The first-order chi connectivity index (χ1) is 13.4. The minimum Gasteiger partial charge on any atom is -0.324 e. The molecule has 0 saturated carbocycles. The van der Waals surface area contributed by atoms with Crippen LogP contribution in [0, 0.1) is 13.8 Å². The summed E-state index contributed by atoms with van der Waals surface area (Å²) in [5.41, 5.74) is 3.38. The summed E-state index contributed by atoms with van der Waals surface area (Å²) < 4.78 is 3.68. The van der Waals surface area contributed by atoms with Gasteiger partial charge in [-0.2, -0.15) is 4.98 Å². The number of rotatable bonds is 3. The summed E-state index contributed by atoms with van der Waals surface area (Å²) in [5.74, 6) is -0.189. The van der Waals surface area contributed by atoms with E-state index >= 15 is 0 Å². The molecule has 2 heterocycles. The van der Waals surface area contributed by atoms with Gasteiger partial charge in [-0.3, -0.25) is 14.3 Å². The van der Waals surface area contributed by atoms with Crippen LogP contribution in [0.2, 0.25) is 5.02 Å². The molecule has 0 aliphatic rings. The van der Waals surface area contributed by atoms with Crippen LogP contribution in [0.4, 0.5) is 5.69 Å². The van der Waals surface area contributed by atoms with Gasteiger partial charge in [-0.25, -0.2) is 4.52 Å². The van der Waals surface area contributed by atoms with Gasteiger partial charge in [-0.15, -0.1) is 0 Å². The van der Waals surface area contributed by atoms with Crippen molar-refractivity contribution in [2.75, 3.05) is 5.32 Å². The molecule has 0 spiro atoms. The zero-order valence-corrected chi connectivity index (χ0v) is 16.5. The predicted molar refractivity (Wildman–Crippen MR) is 111 cm³/mol. The molecule has 1 atom stereocenters. The standard InChI is InChI=1S/C21H19ClN4O2/c1-12-8-9-15(22)11-17(12)23-21(28)14(3)26-18-7-5-4-6-16(18)20-24-19(27)10-13(2)25(20)26/h4-11,14H,1-3H3,(H,23,28)/t14-/m0/s1. The van der Waals surface area contributed by atoms with E-state index in [0.717, 1.165) is 16.5 Å². The van der Waals surface area contributed by atoms with E-state index in [1.165, 1.54) is 6.07 Å². The average Bonchev–Trinajstić information content (AvgIpc) is 2.99. The lowest BCUT2D eigenvalue weighted by atomic mass is 10.2. The second kappa shape index (κ2) is 6.80. The number of benzene rings is 2. The molecule has 4 rings (SSSR count). The number of halogens is 1. The highest BCUT2D eigenvalue weighted by molar-refractivity contribution is 6.31. The molecule has 0 aliphatic carbocycles. The van der Waals surface area contributed by atoms with Crippen LogP contribution in [-0.4, -0.2) is 20.1 Å². The number of nitrogens with zero attached hydrogens (tertiary/aromatic N) is 3. The van der Waals surface area contributed by atoms with Crippen molar-refractivity contribution in [1.29, 1.82) is 0 Å². The quantitative estimate of drug-likeness (QED) is 0.568. The van der Waals surface area contributed by atoms with Crippen molar-refractivity contribution in [1.82, 2.24) is 14.2 Å². The van der Waals surface area contributed by atoms with Crippen LogP contribution in [0.1, 0.15) is 24.2 Å². The van der Waals surface area contributed by atoms with Crippen molar-refractivity contribution in [2.45, 2.75) is 26.8 Å². The summed E-state index contributed by atoms with van der Waals surface area (Å²) in [5, 5.41) is 4.34. The van der Waals surface area contributed by atoms with Gasteiger partial charge in [-0.05, 0) is 50.6 Å². The lowest BCUT2D eigenvalue weighted by Crippen LogP contribution is -2.27. The zero-order valence-electron chi connectivity index (χ0n) is 15.7. The molecule has 1 N–H and O–H groups in total. The van der Waals surface area contributed by atoms with Crippen molar-refractivity contribution in [3.8, 4) is 0 Å². The smallest absolute Gasteiger partial charge is 0.273 e. The molecule has 28 heavy (non-hydrogen) atoms. The van der Waals surface area contributed by atoms with Gasteiger partial charge in [0.05, 0.1) is 5.52 Å². The maximum atomic E-state index is 13.1. The van der Waals surface area contributed by atoms with E-state index in [2.05, 4.69) is 10.3 Å². The second-order valence-corrected chi connectivity index (χ2v) is 7.29. The van der Waals surface area contributed by atoms with Crippen molar-refractivity contribution in [3.05, 3.63) is 75.2 Å². The average molecular weight is 395 g/mol. The molecule has 0 fully saturated rings. The number of fused-ring (bicyclic) bond motifs is 3. The first-order valence-corrected chi connectivity index (χ1v) is 9.31. The van der Waals surface area contributed by atoms with Crippen LogP contribution >= 0.6 is 11.6 Å². The number of amides is 1. The molecule has 0 saturated heterocycles. The summed E-state index contributed by atoms with van der Waals surface area (Å²) >= 11 is 6.07. The maximum absolute atomic E-state index is 13.1. The first kappa shape index (κ1) is 18.3. The van der Waals surface area contributed by atoms with Crippen LogP contribution < -0.4 is 10.9 Å². The Morgan fingerprint density at radius 3 is 2.68 bits per heavy atom. The fourth-order valence-corrected chi connectivity index (χ4v) is 3.64.